The standard InChI is InChI=1S/C11H12O4/c12-8-2-4-9(5-3-8)15-11(10(13)14)6-1-7-11/h2-5,12H,1,6-7H2,(H,13,14). The highest BCUT2D eigenvalue weighted by atomic mass is 16.5. The van der Waals surface area contributed by atoms with Crippen LogP contribution in [-0.2, 0) is 4.79 Å². The minimum absolute atomic E-state index is 0.139. The Morgan fingerprint density at radius 3 is 2.27 bits per heavy atom. The predicted octanol–water partition coefficient (Wildman–Crippen LogP) is 1.78. The van der Waals surface area contributed by atoms with Gasteiger partial charge in [0.15, 0.2) is 0 Å². The Morgan fingerprint density at radius 1 is 1.27 bits per heavy atom. The third-order valence-electron chi connectivity index (χ3n) is 2.70. The number of hydrogen-bond donors (Lipinski definition) is 2. The van der Waals surface area contributed by atoms with Crippen molar-refractivity contribution in [2.75, 3.05) is 0 Å². The van der Waals surface area contributed by atoms with E-state index in [0.29, 0.717) is 18.6 Å². The lowest BCUT2D eigenvalue weighted by atomic mass is 9.80. The second-order valence-electron chi connectivity index (χ2n) is 3.75. The summed E-state index contributed by atoms with van der Waals surface area (Å²) < 4.78 is 5.44. The van der Waals surface area contributed by atoms with Crippen LogP contribution in [0.25, 0.3) is 0 Å². The molecule has 1 saturated carbocycles. The summed E-state index contributed by atoms with van der Waals surface area (Å²) in [5, 5.41) is 18.1. The molecule has 0 aromatic heterocycles. The zero-order valence-electron chi connectivity index (χ0n) is 8.14. The zero-order chi connectivity index (χ0) is 10.9. The first-order valence-electron chi connectivity index (χ1n) is 4.84. The topological polar surface area (TPSA) is 66.8 Å². The molecule has 0 spiro atoms. The van der Waals surface area contributed by atoms with Gasteiger partial charge in [0.2, 0.25) is 5.60 Å². The van der Waals surface area contributed by atoms with Crippen LogP contribution in [0.5, 0.6) is 11.5 Å². The normalized spacial score (nSPS) is 17.9. The molecule has 0 radical (unpaired) electrons. The predicted molar refractivity (Wildman–Crippen MR) is 53.0 cm³/mol. The fraction of sp³-hybridized carbons (Fsp3) is 0.364. The molecule has 0 unspecified atom stereocenters. The summed E-state index contributed by atoms with van der Waals surface area (Å²) in [7, 11) is 0. The summed E-state index contributed by atoms with van der Waals surface area (Å²) in [6.07, 6.45) is 1.97. The van der Waals surface area contributed by atoms with Crippen molar-refractivity contribution in [2.45, 2.75) is 24.9 Å². The first kappa shape index (κ1) is 9.83. The van der Waals surface area contributed by atoms with Crippen LogP contribution in [0.2, 0.25) is 0 Å². The minimum atomic E-state index is -1.04. The molecule has 2 N–H and O–H groups in total. The van der Waals surface area contributed by atoms with E-state index in [4.69, 9.17) is 14.9 Å². The number of aliphatic carboxylic acids is 1. The number of rotatable bonds is 3. The first-order valence-corrected chi connectivity index (χ1v) is 4.84. The SMILES string of the molecule is O=C(O)C1(Oc2ccc(O)cc2)CCC1. The van der Waals surface area contributed by atoms with E-state index in [9.17, 15) is 4.79 Å². The van der Waals surface area contributed by atoms with Gasteiger partial charge in [0.25, 0.3) is 0 Å². The van der Waals surface area contributed by atoms with Gasteiger partial charge < -0.3 is 14.9 Å². The van der Waals surface area contributed by atoms with Gasteiger partial charge in [-0.3, -0.25) is 0 Å². The van der Waals surface area contributed by atoms with Gasteiger partial charge in [0.05, 0.1) is 0 Å². The van der Waals surface area contributed by atoms with Crippen LogP contribution in [0.3, 0.4) is 0 Å². The zero-order valence-corrected chi connectivity index (χ0v) is 8.14. The number of phenolic OH excluding ortho intramolecular Hbond substituents is 1. The fourth-order valence-electron chi connectivity index (χ4n) is 1.60. The number of hydrogen-bond acceptors (Lipinski definition) is 3. The molecular formula is C11H12O4. The van der Waals surface area contributed by atoms with Crippen LogP contribution < -0.4 is 4.74 Å². The monoisotopic (exact) mass is 208 g/mol. The third kappa shape index (κ3) is 1.75. The van der Waals surface area contributed by atoms with Crippen molar-refractivity contribution in [1.29, 1.82) is 0 Å². The number of carbonyl (C=O) groups is 1. The highest BCUT2D eigenvalue weighted by Gasteiger charge is 2.47. The summed E-state index contributed by atoms with van der Waals surface area (Å²) in [4.78, 5) is 11.0. The molecule has 0 amide bonds. The van der Waals surface area contributed by atoms with Gasteiger partial charge >= 0.3 is 5.97 Å². The van der Waals surface area contributed by atoms with Gasteiger partial charge in [-0.05, 0) is 43.5 Å². The first-order chi connectivity index (χ1) is 7.12. The smallest absolute Gasteiger partial charge is 0.348 e. The Labute approximate surface area is 87.1 Å². The van der Waals surface area contributed by atoms with E-state index in [1.165, 1.54) is 12.1 Å². The summed E-state index contributed by atoms with van der Waals surface area (Å²) in [5.74, 6) is -0.294. The Kier molecular flexibility index (Phi) is 2.26. The molecule has 0 bridgehead atoms. The highest BCUT2D eigenvalue weighted by molar-refractivity contribution is 5.79. The van der Waals surface area contributed by atoms with Gasteiger partial charge in [-0.2, -0.15) is 0 Å². The molecule has 0 heterocycles. The van der Waals surface area contributed by atoms with Crippen molar-refractivity contribution < 1.29 is 19.7 Å². The molecule has 1 aromatic carbocycles. The molecule has 0 atom stereocenters. The molecule has 80 valence electrons. The summed E-state index contributed by atoms with van der Waals surface area (Å²) >= 11 is 0. The van der Waals surface area contributed by atoms with E-state index in [2.05, 4.69) is 0 Å². The van der Waals surface area contributed by atoms with E-state index in [0.717, 1.165) is 6.42 Å². The molecule has 1 aliphatic rings. The van der Waals surface area contributed by atoms with E-state index in [1.807, 2.05) is 0 Å². The molecule has 4 nitrogen and oxygen atoms in total. The van der Waals surface area contributed by atoms with Crippen LogP contribution in [-0.4, -0.2) is 21.8 Å². The highest BCUT2D eigenvalue weighted by Crippen LogP contribution is 2.37. The second kappa shape index (κ2) is 3.46. The average molecular weight is 208 g/mol. The van der Waals surface area contributed by atoms with Crippen LogP contribution >= 0.6 is 0 Å². The lowest BCUT2D eigenvalue weighted by Crippen LogP contribution is -2.50. The quantitative estimate of drug-likeness (QED) is 0.794. The Hall–Kier alpha value is -1.71. The Morgan fingerprint density at radius 2 is 1.87 bits per heavy atom. The average Bonchev–Trinajstić information content (AvgIpc) is 2.13. The lowest BCUT2D eigenvalue weighted by Gasteiger charge is -2.37. The number of carboxylic acids is 1. The van der Waals surface area contributed by atoms with Crippen LogP contribution in [0.4, 0.5) is 0 Å². The molecule has 15 heavy (non-hydrogen) atoms. The molecule has 0 saturated heterocycles. The van der Waals surface area contributed by atoms with Crippen LogP contribution in [0, 0.1) is 0 Å². The van der Waals surface area contributed by atoms with Crippen molar-refractivity contribution in [3.63, 3.8) is 0 Å². The van der Waals surface area contributed by atoms with Crippen LogP contribution in [0.15, 0.2) is 24.3 Å². The van der Waals surface area contributed by atoms with Gasteiger partial charge in [-0.15, -0.1) is 0 Å². The van der Waals surface area contributed by atoms with E-state index < -0.39 is 11.6 Å². The van der Waals surface area contributed by atoms with Crippen LogP contribution in [0.1, 0.15) is 19.3 Å². The number of phenols is 1. The molecule has 1 fully saturated rings. The van der Waals surface area contributed by atoms with Crippen molar-refractivity contribution in [2.24, 2.45) is 0 Å². The summed E-state index contributed by atoms with van der Waals surface area (Å²) in [6, 6.07) is 6.09. The number of ether oxygens (including phenoxy) is 1. The maximum absolute atomic E-state index is 11.0. The van der Waals surface area contributed by atoms with Gasteiger partial charge in [-0.1, -0.05) is 0 Å². The molecule has 0 aliphatic heterocycles. The minimum Gasteiger partial charge on any atom is -0.508 e. The van der Waals surface area contributed by atoms with Crippen molar-refractivity contribution in [3.05, 3.63) is 24.3 Å². The summed E-state index contributed by atoms with van der Waals surface area (Å²) in [5.41, 5.74) is -1.04. The maximum Gasteiger partial charge on any atom is 0.348 e. The number of aromatic hydroxyl groups is 1. The van der Waals surface area contributed by atoms with Crippen molar-refractivity contribution >= 4 is 5.97 Å². The van der Waals surface area contributed by atoms with E-state index in [-0.39, 0.29) is 5.75 Å². The molecule has 2 rings (SSSR count). The Bertz CT molecular complexity index is 365. The maximum atomic E-state index is 11.0. The lowest BCUT2D eigenvalue weighted by molar-refractivity contribution is -0.163. The Balaban J connectivity index is 2.13. The van der Waals surface area contributed by atoms with E-state index >= 15 is 0 Å². The summed E-state index contributed by atoms with van der Waals surface area (Å²) in [6.45, 7) is 0. The van der Waals surface area contributed by atoms with E-state index in [1.54, 1.807) is 12.1 Å². The number of carboxylic acid groups (broad SMARTS) is 1. The molecule has 1 aromatic rings. The molecule has 1 aliphatic carbocycles. The fourth-order valence-corrected chi connectivity index (χ4v) is 1.60. The van der Waals surface area contributed by atoms with Gasteiger partial charge in [0, 0.05) is 0 Å². The second-order valence-corrected chi connectivity index (χ2v) is 3.75. The van der Waals surface area contributed by atoms with Crippen molar-refractivity contribution in [1.82, 2.24) is 0 Å². The largest absolute Gasteiger partial charge is 0.508 e. The van der Waals surface area contributed by atoms with Gasteiger partial charge in [-0.25, -0.2) is 4.79 Å². The number of benzene rings is 1. The van der Waals surface area contributed by atoms with Crippen molar-refractivity contribution in [3.8, 4) is 11.5 Å². The molecule has 4 heteroatoms. The third-order valence-corrected chi connectivity index (χ3v) is 2.70. The van der Waals surface area contributed by atoms with Gasteiger partial charge in [0.1, 0.15) is 11.5 Å². The molecular weight excluding hydrogens is 196 g/mol.